The number of aliphatic hydroxyl groups excluding tert-OH is 1. The van der Waals surface area contributed by atoms with Crippen molar-refractivity contribution in [2.24, 2.45) is 0 Å². The molecule has 0 bridgehead atoms. The van der Waals surface area contributed by atoms with Crippen LogP contribution in [-0.2, 0) is 14.3 Å². The van der Waals surface area contributed by atoms with E-state index in [0.29, 0.717) is 13.0 Å². The first-order valence-electron chi connectivity index (χ1n) is 3.64. The van der Waals surface area contributed by atoms with Gasteiger partial charge in [-0.25, -0.2) is 0 Å². The molecule has 4 nitrogen and oxygen atoms in total. The minimum absolute atomic E-state index is 0.190. The summed E-state index contributed by atoms with van der Waals surface area (Å²) in [5, 5.41) is 9.11. The number of aliphatic hydroxyl groups is 1. The Labute approximate surface area is 69.8 Å². The minimum atomic E-state index is -0.480. The molecule has 12 heavy (non-hydrogen) atoms. The zero-order chi connectivity index (χ0) is 9.14. The van der Waals surface area contributed by atoms with E-state index in [1.165, 1.54) is 7.11 Å². The molecule has 0 saturated heterocycles. The summed E-state index contributed by atoms with van der Waals surface area (Å²) in [6.45, 7) is 0.346. The van der Waals surface area contributed by atoms with Crippen LogP contribution in [0.15, 0.2) is 11.3 Å². The fraction of sp³-hybridized carbons (Fsp3) is 0.500. The highest BCUT2D eigenvalue weighted by molar-refractivity contribution is 6.21. The Morgan fingerprint density at radius 3 is 2.50 bits per heavy atom. The summed E-state index contributed by atoms with van der Waals surface area (Å²) in [7, 11) is 1.50. The van der Waals surface area contributed by atoms with Crippen LogP contribution in [0.4, 0.5) is 0 Å². The molecule has 66 valence electrons. The van der Waals surface area contributed by atoms with Crippen molar-refractivity contribution in [3.05, 3.63) is 11.3 Å². The minimum Gasteiger partial charge on any atom is -0.504 e. The molecule has 0 aromatic carbocycles. The van der Waals surface area contributed by atoms with E-state index >= 15 is 0 Å². The summed E-state index contributed by atoms with van der Waals surface area (Å²) in [6.07, 6.45) is 0.123. The third kappa shape index (κ3) is 1.53. The van der Waals surface area contributed by atoms with Gasteiger partial charge in [0.1, 0.15) is 0 Å². The molecule has 0 radical (unpaired) electrons. The predicted octanol–water partition coefficient (Wildman–Crippen LogP) is 0.377. The normalized spacial score (nSPS) is 17.8. The number of ketones is 2. The second kappa shape index (κ2) is 3.49. The second-order valence-electron chi connectivity index (χ2n) is 2.59. The van der Waals surface area contributed by atoms with E-state index in [9.17, 15) is 9.59 Å². The summed E-state index contributed by atoms with van der Waals surface area (Å²) in [5.41, 5.74) is 0.210. The fourth-order valence-electron chi connectivity index (χ4n) is 1.10. The van der Waals surface area contributed by atoms with E-state index in [1.54, 1.807) is 0 Å². The van der Waals surface area contributed by atoms with Gasteiger partial charge in [0.15, 0.2) is 11.5 Å². The van der Waals surface area contributed by atoms with Crippen LogP contribution < -0.4 is 0 Å². The quantitative estimate of drug-likeness (QED) is 0.622. The van der Waals surface area contributed by atoms with Gasteiger partial charge < -0.3 is 9.84 Å². The summed E-state index contributed by atoms with van der Waals surface area (Å²) < 4.78 is 4.73. The molecule has 1 rings (SSSR count). The molecule has 1 aliphatic rings. The maximum atomic E-state index is 11.0. The van der Waals surface area contributed by atoms with Crippen molar-refractivity contribution in [2.45, 2.75) is 12.8 Å². The Bertz CT molecular complexity index is 252. The van der Waals surface area contributed by atoms with E-state index < -0.39 is 5.78 Å². The Morgan fingerprint density at radius 2 is 2.08 bits per heavy atom. The zero-order valence-corrected chi connectivity index (χ0v) is 6.79. The van der Waals surface area contributed by atoms with Crippen LogP contribution in [0.1, 0.15) is 12.8 Å². The van der Waals surface area contributed by atoms with Crippen molar-refractivity contribution < 1.29 is 19.4 Å². The van der Waals surface area contributed by atoms with Gasteiger partial charge in [-0.1, -0.05) is 0 Å². The molecule has 0 aromatic heterocycles. The van der Waals surface area contributed by atoms with Crippen LogP contribution in [0.5, 0.6) is 0 Å². The predicted molar refractivity (Wildman–Crippen MR) is 40.8 cm³/mol. The van der Waals surface area contributed by atoms with Gasteiger partial charge in [0, 0.05) is 19.1 Å². The average Bonchev–Trinajstić information content (AvgIpc) is 2.25. The third-order valence-corrected chi connectivity index (χ3v) is 1.76. The lowest BCUT2D eigenvalue weighted by molar-refractivity contribution is -0.122. The zero-order valence-electron chi connectivity index (χ0n) is 6.79. The Balaban J connectivity index is 2.71. The molecule has 0 spiro atoms. The number of methoxy groups -OCH3 is 1. The maximum Gasteiger partial charge on any atom is 0.205 e. The molecular weight excluding hydrogens is 160 g/mol. The van der Waals surface area contributed by atoms with E-state index in [-0.39, 0.29) is 23.5 Å². The first-order valence-corrected chi connectivity index (χ1v) is 3.64. The van der Waals surface area contributed by atoms with Gasteiger partial charge in [-0.05, 0) is 0 Å². The van der Waals surface area contributed by atoms with Gasteiger partial charge in [-0.15, -0.1) is 0 Å². The highest BCUT2D eigenvalue weighted by atomic mass is 16.5. The smallest absolute Gasteiger partial charge is 0.205 e. The van der Waals surface area contributed by atoms with Gasteiger partial charge in [-0.2, -0.15) is 0 Å². The molecule has 0 aliphatic heterocycles. The van der Waals surface area contributed by atoms with Crippen molar-refractivity contribution >= 4 is 11.6 Å². The molecule has 0 saturated carbocycles. The molecule has 0 unspecified atom stereocenters. The van der Waals surface area contributed by atoms with E-state index in [1.807, 2.05) is 0 Å². The number of ether oxygens (including phenoxy) is 1. The summed E-state index contributed by atoms with van der Waals surface area (Å²) in [4.78, 5) is 21.8. The van der Waals surface area contributed by atoms with Crippen molar-refractivity contribution in [1.82, 2.24) is 0 Å². The third-order valence-electron chi connectivity index (χ3n) is 1.76. The first-order chi connectivity index (χ1) is 5.66. The summed E-state index contributed by atoms with van der Waals surface area (Å²) >= 11 is 0. The maximum absolute atomic E-state index is 11.0. The standard InChI is InChI=1S/C8H10O4/c1-12-3-2-5-6(9)4-7(10)8(5)11/h11H,2-4H2,1H3. The molecular formula is C8H10O4. The second-order valence-corrected chi connectivity index (χ2v) is 2.59. The Morgan fingerprint density at radius 1 is 1.42 bits per heavy atom. The lowest BCUT2D eigenvalue weighted by Gasteiger charge is -1.98. The van der Waals surface area contributed by atoms with E-state index in [4.69, 9.17) is 9.84 Å². The SMILES string of the molecule is COCCC1=C(O)C(=O)CC1=O. The summed E-state index contributed by atoms with van der Waals surface area (Å²) in [5.74, 6) is -1.14. The van der Waals surface area contributed by atoms with Gasteiger partial charge in [0.25, 0.3) is 0 Å². The van der Waals surface area contributed by atoms with Gasteiger partial charge in [-0.3, -0.25) is 9.59 Å². The highest BCUT2D eigenvalue weighted by Crippen LogP contribution is 2.20. The van der Waals surface area contributed by atoms with Gasteiger partial charge in [0.05, 0.1) is 13.0 Å². The number of rotatable bonds is 3. The molecule has 4 heteroatoms. The summed E-state index contributed by atoms with van der Waals surface area (Å²) in [6, 6.07) is 0. The molecule has 0 fully saturated rings. The van der Waals surface area contributed by atoms with Crippen molar-refractivity contribution in [2.75, 3.05) is 13.7 Å². The van der Waals surface area contributed by atoms with Gasteiger partial charge in [0.2, 0.25) is 5.78 Å². The molecule has 0 atom stereocenters. The van der Waals surface area contributed by atoms with Crippen LogP contribution in [0, 0.1) is 0 Å². The highest BCUT2D eigenvalue weighted by Gasteiger charge is 2.29. The first kappa shape index (κ1) is 8.93. The van der Waals surface area contributed by atoms with Crippen LogP contribution in [0.3, 0.4) is 0 Å². The number of Topliss-reactive ketones (excluding diaryl/α,β-unsaturated/α-hetero) is 2. The topological polar surface area (TPSA) is 63.6 Å². The van der Waals surface area contributed by atoms with Crippen LogP contribution in [-0.4, -0.2) is 30.4 Å². The Hall–Kier alpha value is -1.16. The average molecular weight is 170 g/mol. The van der Waals surface area contributed by atoms with Crippen molar-refractivity contribution in [3.8, 4) is 0 Å². The van der Waals surface area contributed by atoms with Gasteiger partial charge >= 0.3 is 0 Å². The van der Waals surface area contributed by atoms with Crippen molar-refractivity contribution in [1.29, 1.82) is 0 Å². The van der Waals surface area contributed by atoms with Crippen molar-refractivity contribution in [3.63, 3.8) is 0 Å². The van der Waals surface area contributed by atoms with E-state index in [2.05, 4.69) is 0 Å². The number of carbonyl (C=O) groups is 2. The number of carbonyl (C=O) groups excluding carboxylic acids is 2. The molecule has 0 aromatic rings. The lowest BCUT2D eigenvalue weighted by atomic mass is 10.1. The van der Waals surface area contributed by atoms with Crippen LogP contribution in [0.25, 0.3) is 0 Å². The molecule has 1 N–H and O–H groups in total. The molecule has 0 amide bonds. The number of hydrogen-bond donors (Lipinski definition) is 1. The molecule has 1 aliphatic carbocycles. The largest absolute Gasteiger partial charge is 0.504 e. The number of hydrogen-bond acceptors (Lipinski definition) is 4. The molecule has 0 heterocycles. The number of allylic oxidation sites excluding steroid dienone is 1. The van der Waals surface area contributed by atoms with E-state index in [0.717, 1.165) is 0 Å². The fourth-order valence-corrected chi connectivity index (χ4v) is 1.10. The van der Waals surface area contributed by atoms with Crippen LogP contribution >= 0.6 is 0 Å². The Kier molecular flexibility index (Phi) is 2.60. The van der Waals surface area contributed by atoms with Crippen LogP contribution in [0.2, 0.25) is 0 Å². The monoisotopic (exact) mass is 170 g/mol. The lowest BCUT2D eigenvalue weighted by Crippen LogP contribution is -2.00.